The summed E-state index contributed by atoms with van der Waals surface area (Å²) in [6, 6.07) is 3.72. The molecule has 0 aliphatic heterocycles. The Labute approximate surface area is 88.6 Å². The molecule has 0 fully saturated rings. The minimum Gasteiger partial charge on any atom is -0.398 e. The van der Waals surface area contributed by atoms with Gasteiger partial charge in [0.2, 0.25) is 0 Å². The third kappa shape index (κ3) is 1.30. The fourth-order valence-corrected chi connectivity index (χ4v) is 1.86. The Kier molecular flexibility index (Phi) is 1.96. The minimum atomic E-state index is 0.498. The lowest BCUT2D eigenvalue weighted by atomic mass is 10.2. The van der Waals surface area contributed by atoms with Gasteiger partial charge in [-0.2, -0.15) is 5.10 Å². The van der Waals surface area contributed by atoms with Crippen molar-refractivity contribution in [3.05, 3.63) is 21.8 Å². The molecule has 0 amide bonds. The molecule has 0 aliphatic carbocycles. The van der Waals surface area contributed by atoms with E-state index in [1.165, 1.54) is 0 Å². The van der Waals surface area contributed by atoms with E-state index in [1.807, 2.05) is 19.2 Å². The lowest BCUT2D eigenvalue weighted by Crippen LogP contribution is -1.91. The predicted molar refractivity (Wildman–Crippen MR) is 57.8 cm³/mol. The van der Waals surface area contributed by atoms with Crippen LogP contribution in [0.2, 0.25) is 5.15 Å². The van der Waals surface area contributed by atoms with Crippen LogP contribution < -0.4 is 5.73 Å². The van der Waals surface area contributed by atoms with Crippen LogP contribution in [-0.4, -0.2) is 9.78 Å². The van der Waals surface area contributed by atoms with Crippen molar-refractivity contribution >= 4 is 44.1 Å². The van der Waals surface area contributed by atoms with E-state index < -0.39 is 0 Å². The van der Waals surface area contributed by atoms with Crippen molar-refractivity contribution in [1.82, 2.24) is 9.78 Å². The average molecular weight is 261 g/mol. The second-order valence-corrected chi connectivity index (χ2v) is 4.02. The lowest BCUT2D eigenvalue weighted by Gasteiger charge is -1.98. The molecule has 0 bridgehead atoms. The van der Waals surface area contributed by atoms with Gasteiger partial charge in [-0.3, -0.25) is 4.68 Å². The molecule has 2 aromatic rings. The molecule has 0 atom stereocenters. The smallest absolute Gasteiger partial charge is 0.158 e. The molecule has 0 spiro atoms. The zero-order chi connectivity index (χ0) is 9.59. The van der Waals surface area contributed by atoms with Crippen LogP contribution in [-0.2, 0) is 7.05 Å². The van der Waals surface area contributed by atoms with Gasteiger partial charge in [-0.05, 0) is 28.1 Å². The maximum absolute atomic E-state index is 5.91. The van der Waals surface area contributed by atoms with Crippen LogP contribution in [0.4, 0.5) is 5.69 Å². The topological polar surface area (TPSA) is 43.8 Å². The van der Waals surface area contributed by atoms with E-state index >= 15 is 0 Å². The van der Waals surface area contributed by atoms with Gasteiger partial charge in [-0.25, -0.2) is 0 Å². The van der Waals surface area contributed by atoms with Crippen LogP contribution in [0.25, 0.3) is 10.9 Å². The number of nitrogen functional groups attached to an aromatic ring is 1. The first-order valence-corrected chi connectivity index (χ1v) is 4.84. The number of nitrogens with two attached hydrogens (primary N) is 1. The molecule has 0 unspecified atom stereocenters. The fourth-order valence-electron chi connectivity index (χ4n) is 1.25. The number of aromatic nitrogens is 2. The van der Waals surface area contributed by atoms with E-state index in [-0.39, 0.29) is 0 Å². The summed E-state index contributed by atoms with van der Waals surface area (Å²) in [5.41, 5.74) is 7.36. The second-order valence-electron chi connectivity index (χ2n) is 2.81. The van der Waals surface area contributed by atoms with Gasteiger partial charge >= 0.3 is 0 Å². The zero-order valence-electron chi connectivity index (χ0n) is 6.88. The molecule has 13 heavy (non-hydrogen) atoms. The number of fused-ring (bicyclic) bond motifs is 1. The molecule has 2 N–H and O–H groups in total. The molecule has 0 saturated heterocycles. The van der Waals surface area contributed by atoms with Crippen molar-refractivity contribution in [2.75, 3.05) is 5.73 Å². The molecular formula is C8H7BrClN3. The second kappa shape index (κ2) is 2.89. The fraction of sp³-hybridized carbons (Fsp3) is 0.125. The van der Waals surface area contributed by atoms with E-state index in [0.717, 1.165) is 15.4 Å². The van der Waals surface area contributed by atoms with Crippen LogP contribution in [0.15, 0.2) is 16.6 Å². The first-order chi connectivity index (χ1) is 6.09. The van der Waals surface area contributed by atoms with Crippen molar-refractivity contribution in [1.29, 1.82) is 0 Å². The summed E-state index contributed by atoms with van der Waals surface area (Å²) >= 11 is 9.25. The molecule has 1 aromatic heterocycles. The van der Waals surface area contributed by atoms with Gasteiger partial charge in [0.1, 0.15) is 0 Å². The van der Waals surface area contributed by atoms with Crippen LogP contribution in [0, 0.1) is 0 Å². The third-order valence-electron chi connectivity index (χ3n) is 1.92. The number of anilines is 1. The highest BCUT2D eigenvalue weighted by Crippen LogP contribution is 2.29. The molecule has 0 saturated carbocycles. The summed E-state index contributed by atoms with van der Waals surface area (Å²) in [7, 11) is 1.83. The van der Waals surface area contributed by atoms with E-state index in [0.29, 0.717) is 10.8 Å². The SMILES string of the molecule is Cn1nc(Cl)c2cc(Br)c(N)cc21. The van der Waals surface area contributed by atoms with Crippen LogP contribution >= 0.6 is 27.5 Å². The Balaban J connectivity index is 2.91. The molecule has 1 heterocycles. The van der Waals surface area contributed by atoms with Crippen molar-refractivity contribution in [2.45, 2.75) is 0 Å². The summed E-state index contributed by atoms with van der Waals surface area (Å²) < 4.78 is 2.55. The quantitative estimate of drug-likeness (QED) is 0.740. The largest absolute Gasteiger partial charge is 0.398 e. The highest BCUT2D eigenvalue weighted by atomic mass is 79.9. The van der Waals surface area contributed by atoms with Crippen molar-refractivity contribution < 1.29 is 0 Å². The highest BCUT2D eigenvalue weighted by molar-refractivity contribution is 9.10. The standard InChI is InChI=1S/C8H7BrClN3/c1-13-7-3-6(11)5(9)2-4(7)8(10)12-13/h2-3H,11H2,1H3. The predicted octanol–water partition coefficient (Wildman–Crippen LogP) is 2.57. The van der Waals surface area contributed by atoms with Gasteiger partial charge in [-0.15, -0.1) is 0 Å². The first kappa shape index (κ1) is 8.84. The van der Waals surface area contributed by atoms with Gasteiger partial charge in [0.05, 0.1) is 5.52 Å². The number of benzene rings is 1. The molecule has 68 valence electrons. The molecule has 5 heteroatoms. The molecular weight excluding hydrogens is 253 g/mol. The first-order valence-electron chi connectivity index (χ1n) is 3.67. The van der Waals surface area contributed by atoms with Gasteiger partial charge in [0.25, 0.3) is 0 Å². The summed E-state index contributed by atoms with van der Waals surface area (Å²) in [5.74, 6) is 0. The molecule has 2 rings (SSSR count). The van der Waals surface area contributed by atoms with E-state index in [2.05, 4.69) is 21.0 Å². The summed E-state index contributed by atoms with van der Waals surface area (Å²) in [6.07, 6.45) is 0. The van der Waals surface area contributed by atoms with Crippen molar-refractivity contribution in [3.63, 3.8) is 0 Å². The van der Waals surface area contributed by atoms with Crippen molar-refractivity contribution in [3.8, 4) is 0 Å². The number of hydrogen-bond donors (Lipinski definition) is 1. The van der Waals surface area contributed by atoms with Gasteiger partial charge < -0.3 is 5.73 Å². The number of rotatable bonds is 0. The Morgan fingerprint density at radius 2 is 2.23 bits per heavy atom. The lowest BCUT2D eigenvalue weighted by molar-refractivity contribution is 0.797. The summed E-state index contributed by atoms with van der Waals surface area (Å²) in [6.45, 7) is 0. The van der Waals surface area contributed by atoms with Gasteiger partial charge in [0, 0.05) is 22.6 Å². The number of halogens is 2. The number of aryl methyl sites for hydroxylation is 1. The maximum atomic E-state index is 5.91. The van der Waals surface area contributed by atoms with E-state index in [4.69, 9.17) is 17.3 Å². The average Bonchev–Trinajstić information content (AvgIpc) is 2.31. The van der Waals surface area contributed by atoms with Gasteiger partial charge in [0.15, 0.2) is 5.15 Å². The molecule has 0 radical (unpaired) electrons. The molecule has 0 aliphatic rings. The Bertz CT molecular complexity index is 436. The van der Waals surface area contributed by atoms with Gasteiger partial charge in [-0.1, -0.05) is 11.6 Å². The Morgan fingerprint density at radius 1 is 1.54 bits per heavy atom. The number of hydrogen-bond acceptors (Lipinski definition) is 2. The monoisotopic (exact) mass is 259 g/mol. The minimum absolute atomic E-state index is 0.498. The van der Waals surface area contributed by atoms with E-state index in [9.17, 15) is 0 Å². The number of nitrogens with zero attached hydrogens (tertiary/aromatic N) is 2. The maximum Gasteiger partial charge on any atom is 0.158 e. The normalized spacial score (nSPS) is 11.0. The van der Waals surface area contributed by atoms with Crippen LogP contribution in [0.3, 0.4) is 0 Å². The van der Waals surface area contributed by atoms with Crippen LogP contribution in [0.5, 0.6) is 0 Å². The zero-order valence-corrected chi connectivity index (χ0v) is 9.22. The van der Waals surface area contributed by atoms with Crippen LogP contribution in [0.1, 0.15) is 0 Å². The molecule has 3 nitrogen and oxygen atoms in total. The Morgan fingerprint density at radius 3 is 2.92 bits per heavy atom. The third-order valence-corrected chi connectivity index (χ3v) is 2.89. The summed E-state index contributed by atoms with van der Waals surface area (Å²) in [4.78, 5) is 0. The van der Waals surface area contributed by atoms with Crippen molar-refractivity contribution in [2.24, 2.45) is 7.05 Å². The van der Waals surface area contributed by atoms with E-state index in [1.54, 1.807) is 4.68 Å². The highest BCUT2D eigenvalue weighted by Gasteiger charge is 2.08. The Hall–Kier alpha value is -0.740. The summed E-state index contributed by atoms with van der Waals surface area (Å²) in [5, 5.41) is 5.48. The molecule has 1 aromatic carbocycles.